The molecule has 0 aliphatic carbocycles. The molecule has 1 rings (SSSR count). The summed E-state index contributed by atoms with van der Waals surface area (Å²) >= 11 is 0. The second-order valence-corrected chi connectivity index (χ2v) is 4.76. The molecule has 0 aliphatic rings. The Morgan fingerprint density at radius 3 is 2.50 bits per heavy atom. The fourth-order valence-corrected chi connectivity index (χ4v) is 1.53. The van der Waals surface area contributed by atoms with Gasteiger partial charge in [0.25, 0.3) is 0 Å². The summed E-state index contributed by atoms with van der Waals surface area (Å²) in [5, 5.41) is 12.6. The Morgan fingerprint density at radius 2 is 2.00 bits per heavy atom. The van der Waals surface area contributed by atoms with Crippen molar-refractivity contribution in [1.29, 1.82) is 0 Å². The molecule has 4 heteroatoms. The zero-order valence-electron chi connectivity index (χ0n) is 10.2. The number of hydrogen-bond acceptors (Lipinski definition) is 3. The van der Waals surface area contributed by atoms with Crippen LogP contribution in [0.3, 0.4) is 0 Å². The molecule has 0 atom stereocenters. The van der Waals surface area contributed by atoms with Gasteiger partial charge in [-0.3, -0.25) is 0 Å². The van der Waals surface area contributed by atoms with E-state index in [0.717, 1.165) is 0 Å². The number of halogens is 1. The normalized spacial score (nSPS) is 11.6. The number of rotatable bonds is 3. The molecule has 0 fully saturated rings. The van der Waals surface area contributed by atoms with E-state index in [9.17, 15) is 9.50 Å². The minimum absolute atomic E-state index is 0.257. The molecule has 0 bridgehead atoms. The highest BCUT2D eigenvalue weighted by Gasteiger charge is 2.16. The average molecular weight is 226 g/mol. The van der Waals surface area contributed by atoms with Crippen molar-refractivity contribution in [2.24, 2.45) is 0 Å². The van der Waals surface area contributed by atoms with Crippen LogP contribution in [0.4, 0.5) is 15.8 Å². The highest BCUT2D eigenvalue weighted by atomic mass is 19.1. The van der Waals surface area contributed by atoms with Gasteiger partial charge in [0.05, 0.1) is 17.0 Å². The highest BCUT2D eigenvalue weighted by Crippen LogP contribution is 2.28. The molecular weight excluding hydrogens is 207 g/mol. The zero-order chi connectivity index (χ0) is 12.5. The first-order valence-corrected chi connectivity index (χ1v) is 5.24. The molecule has 3 nitrogen and oxygen atoms in total. The Balaban J connectivity index is 3.01. The molecule has 1 aromatic rings. The molecule has 90 valence electrons. The molecule has 0 amide bonds. The molecule has 0 radical (unpaired) electrons. The standard InChI is InChI=1S/C12H19FN2O/c1-7-5-9(14)11(8(2)10(7)13)15-6-12(3,4)16/h5,15-16H,6,14H2,1-4H3. The minimum Gasteiger partial charge on any atom is -0.397 e. The number of anilines is 2. The summed E-state index contributed by atoms with van der Waals surface area (Å²) in [7, 11) is 0. The van der Waals surface area contributed by atoms with Gasteiger partial charge in [-0.1, -0.05) is 0 Å². The van der Waals surface area contributed by atoms with E-state index in [1.165, 1.54) is 0 Å². The summed E-state index contributed by atoms with van der Waals surface area (Å²) in [6.07, 6.45) is 0. The predicted octanol–water partition coefficient (Wildman–Crippen LogP) is 2.21. The highest BCUT2D eigenvalue weighted by molar-refractivity contribution is 5.71. The fourth-order valence-electron chi connectivity index (χ4n) is 1.53. The van der Waals surface area contributed by atoms with Gasteiger partial charge in [0.1, 0.15) is 5.82 Å². The smallest absolute Gasteiger partial charge is 0.131 e. The summed E-state index contributed by atoms with van der Waals surface area (Å²) < 4.78 is 13.6. The SMILES string of the molecule is Cc1cc(N)c(NCC(C)(C)O)c(C)c1F. The Kier molecular flexibility index (Phi) is 3.43. The number of nitrogen functional groups attached to an aromatic ring is 1. The molecule has 4 N–H and O–H groups in total. The molecule has 0 saturated carbocycles. The fraction of sp³-hybridized carbons (Fsp3) is 0.500. The Labute approximate surface area is 95.5 Å². The summed E-state index contributed by atoms with van der Waals surface area (Å²) in [6, 6.07) is 1.59. The van der Waals surface area contributed by atoms with Crippen LogP contribution in [-0.4, -0.2) is 17.3 Å². The minimum atomic E-state index is -0.861. The molecule has 0 unspecified atom stereocenters. The largest absolute Gasteiger partial charge is 0.397 e. The lowest BCUT2D eigenvalue weighted by Crippen LogP contribution is -2.30. The zero-order valence-corrected chi connectivity index (χ0v) is 10.2. The molecule has 16 heavy (non-hydrogen) atoms. The van der Waals surface area contributed by atoms with E-state index in [2.05, 4.69) is 5.32 Å². The van der Waals surface area contributed by atoms with Gasteiger partial charge in [0, 0.05) is 12.1 Å². The van der Waals surface area contributed by atoms with Gasteiger partial charge in [-0.2, -0.15) is 0 Å². The van der Waals surface area contributed by atoms with Gasteiger partial charge in [-0.15, -0.1) is 0 Å². The van der Waals surface area contributed by atoms with Crippen molar-refractivity contribution >= 4 is 11.4 Å². The Morgan fingerprint density at radius 1 is 1.44 bits per heavy atom. The van der Waals surface area contributed by atoms with E-state index in [0.29, 0.717) is 29.0 Å². The van der Waals surface area contributed by atoms with Gasteiger partial charge in [0.2, 0.25) is 0 Å². The third kappa shape index (κ3) is 2.85. The van der Waals surface area contributed by atoms with Crippen molar-refractivity contribution in [3.05, 3.63) is 23.0 Å². The van der Waals surface area contributed by atoms with Gasteiger partial charge in [-0.05, 0) is 39.3 Å². The molecular formula is C12H19FN2O. The molecule has 0 aromatic heterocycles. The molecule has 1 aromatic carbocycles. The van der Waals surface area contributed by atoms with Crippen molar-refractivity contribution in [3.63, 3.8) is 0 Å². The quantitative estimate of drug-likeness (QED) is 0.692. The first kappa shape index (κ1) is 12.8. The molecule has 0 heterocycles. The van der Waals surface area contributed by atoms with Crippen LogP contribution in [0.15, 0.2) is 6.07 Å². The van der Waals surface area contributed by atoms with E-state index < -0.39 is 5.60 Å². The second kappa shape index (κ2) is 4.29. The van der Waals surface area contributed by atoms with E-state index in [1.54, 1.807) is 33.8 Å². The topological polar surface area (TPSA) is 58.3 Å². The second-order valence-electron chi connectivity index (χ2n) is 4.76. The third-order valence-electron chi connectivity index (χ3n) is 2.41. The first-order chi connectivity index (χ1) is 7.22. The number of hydrogen-bond donors (Lipinski definition) is 3. The van der Waals surface area contributed by atoms with Crippen LogP contribution >= 0.6 is 0 Å². The van der Waals surface area contributed by atoms with Gasteiger partial charge < -0.3 is 16.2 Å². The van der Waals surface area contributed by atoms with Crippen molar-refractivity contribution in [2.45, 2.75) is 33.3 Å². The number of aryl methyl sites for hydroxylation is 1. The molecule has 0 spiro atoms. The summed E-state index contributed by atoms with van der Waals surface area (Å²) in [5.74, 6) is -0.257. The van der Waals surface area contributed by atoms with Crippen LogP contribution < -0.4 is 11.1 Å². The van der Waals surface area contributed by atoms with E-state index in [1.807, 2.05) is 0 Å². The summed E-state index contributed by atoms with van der Waals surface area (Å²) in [5.41, 5.74) is 7.03. The van der Waals surface area contributed by atoms with Crippen LogP contribution in [0.2, 0.25) is 0 Å². The van der Waals surface area contributed by atoms with Crippen LogP contribution in [0.1, 0.15) is 25.0 Å². The summed E-state index contributed by atoms with van der Waals surface area (Å²) in [4.78, 5) is 0. The Hall–Kier alpha value is -1.29. The maximum Gasteiger partial charge on any atom is 0.131 e. The van der Waals surface area contributed by atoms with E-state index in [-0.39, 0.29) is 5.82 Å². The molecule has 0 aliphatic heterocycles. The van der Waals surface area contributed by atoms with Crippen LogP contribution in [0.5, 0.6) is 0 Å². The number of nitrogens with two attached hydrogens (primary N) is 1. The van der Waals surface area contributed by atoms with E-state index >= 15 is 0 Å². The van der Waals surface area contributed by atoms with Gasteiger partial charge >= 0.3 is 0 Å². The maximum atomic E-state index is 13.6. The predicted molar refractivity (Wildman–Crippen MR) is 65.1 cm³/mol. The third-order valence-corrected chi connectivity index (χ3v) is 2.41. The number of nitrogens with one attached hydrogen (secondary N) is 1. The number of aliphatic hydroxyl groups is 1. The van der Waals surface area contributed by atoms with Crippen molar-refractivity contribution in [1.82, 2.24) is 0 Å². The lowest BCUT2D eigenvalue weighted by molar-refractivity contribution is 0.0945. The monoisotopic (exact) mass is 226 g/mol. The Bertz CT molecular complexity index is 397. The van der Waals surface area contributed by atoms with Crippen molar-refractivity contribution in [3.8, 4) is 0 Å². The van der Waals surface area contributed by atoms with Crippen LogP contribution in [0, 0.1) is 19.7 Å². The van der Waals surface area contributed by atoms with Gasteiger partial charge in [0.15, 0.2) is 0 Å². The average Bonchev–Trinajstić information content (AvgIpc) is 2.12. The summed E-state index contributed by atoms with van der Waals surface area (Å²) in [6.45, 7) is 7.02. The number of benzene rings is 1. The van der Waals surface area contributed by atoms with Crippen LogP contribution in [0.25, 0.3) is 0 Å². The first-order valence-electron chi connectivity index (χ1n) is 5.24. The van der Waals surface area contributed by atoms with Crippen molar-refractivity contribution < 1.29 is 9.50 Å². The van der Waals surface area contributed by atoms with E-state index in [4.69, 9.17) is 5.73 Å². The van der Waals surface area contributed by atoms with Gasteiger partial charge in [-0.25, -0.2) is 4.39 Å². The van der Waals surface area contributed by atoms with Crippen molar-refractivity contribution in [2.75, 3.05) is 17.6 Å². The lowest BCUT2D eigenvalue weighted by Gasteiger charge is -2.21. The lowest BCUT2D eigenvalue weighted by atomic mass is 10.1. The maximum absolute atomic E-state index is 13.6. The van der Waals surface area contributed by atoms with Crippen LogP contribution in [-0.2, 0) is 0 Å². The molecule has 0 saturated heterocycles.